The van der Waals surface area contributed by atoms with E-state index in [-0.39, 0.29) is 5.97 Å². The minimum Gasteiger partial charge on any atom is -0.464 e. The van der Waals surface area contributed by atoms with Crippen LogP contribution in [-0.4, -0.2) is 36.1 Å². The number of fused-ring (bicyclic) bond motifs is 1. The summed E-state index contributed by atoms with van der Waals surface area (Å²) in [5.74, 6) is 0.00621. The van der Waals surface area contributed by atoms with Crippen molar-refractivity contribution in [2.24, 2.45) is 0 Å². The van der Waals surface area contributed by atoms with Crippen molar-refractivity contribution in [1.82, 2.24) is 4.90 Å². The Labute approximate surface area is 105 Å². The highest BCUT2D eigenvalue weighted by Crippen LogP contribution is 2.29. The van der Waals surface area contributed by atoms with E-state index in [0.717, 1.165) is 6.54 Å². The van der Waals surface area contributed by atoms with Gasteiger partial charge in [0.1, 0.15) is 6.61 Å². The quantitative estimate of drug-likeness (QED) is 0.558. The summed E-state index contributed by atoms with van der Waals surface area (Å²) in [5, 5.41) is 0. The molecule has 17 heavy (non-hydrogen) atoms. The molecule has 0 aromatic carbocycles. The summed E-state index contributed by atoms with van der Waals surface area (Å²) in [7, 11) is 0. The monoisotopic (exact) mass is 239 g/mol. The van der Waals surface area contributed by atoms with E-state index < -0.39 is 0 Å². The highest BCUT2D eigenvalue weighted by atomic mass is 16.5. The second kappa shape index (κ2) is 6.39. The number of piperidine rings is 1. The molecule has 2 fully saturated rings. The van der Waals surface area contributed by atoms with Crippen LogP contribution in [-0.2, 0) is 9.53 Å². The van der Waals surface area contributed by atoms with Gasteiger partial charge in [0, 0.05) is 18.6 Å². The van der Waals surface area contributed by atoms with E-state index in [1.807, 2.05) is 0 Å². The highest BCUT2D eigenvalue weighted by molar-refractivity contribution is 5.70. The van der Waals surface area contributed by atoms with Gasteiger partial charge in [0.15, 0.2) is 0 Å². The lowest BCUT2D eigenvalue weighted by Crippen LogP contribution is -2.47. The van der Waals surface area contributed by atoms with Crippen LogP contribution in [0.4, 0.5) is 0 Å². The van der Waals surface area contributed by atoms with Crippen LogP contribution >= 0.6 is 0 Å². The number of cyclic esters (lactones) is 1. The Bertz CT molecular complexity index is 255. The summed E-state index contributed by atoms with van der Waals surface area (Å²) in [6.45, 7) is 3.80. The maximum Gasteiger partial charge on any atom is 0.307 e. The number of esters is 1. The molecular weight excluding hydrogens is 214 g/mol. The molecule has 0 aromatic heterocycles. The Balaban J connectivity index is 1.90. The Morgan fingerprint density at radius 1 is 1.35 bits per heavy atom. The van der Waals surface area contributed by atoms with Crippen LogP contribution in [0.25, 0.3) is 0 Å². The van der Waals surface area contributed by atoms with E-state index in [9.17, 15) is 4.79 Å². The van der Waals surface area contributed by atoms with Gasteiger partial charge in [-0.25, -0.2) is 0 Å². The van der Waals surface area contributed by atoms with Crippen LogP contribution in [0.3, 0.4) is 0 Å². The molecule has 98 valence electrons. The van der Waals surface area contributed by atoms with Gasteiger partial charge in [-0.1, -0.05) is 32.6 Å². The second-order valence-electron chi connectivity index (χ2n) is 5.40. The van der Waals surface area contributed by atoms with Crippen LogP contribution in [0.15, 0.2) is 0 Å². The van der Waals surface area contributed by atoms with E-state index in [1.54, 1.807) is 0 Å². The second-order valence-corrected chi connectivity index (χ2v) is 5.40. The van der Waals surface area contributed by atoms with E-state index in [1.165, 1.54) is 44.9 Å². The molecule has 3 nitrogen and oxygen atoms in total. The predicted octanol–water partition coefficient (Wildman–Crippen LogP) is 2.74. The van der Waals surface area contributed by atoms with Crippen molar-refractivity contribution >= 4 is 5.97 Å². The topological polar surface area (TPSA) is 29.5 Å². The van der Waals surface area contributed by atoms with Crippen LogP contribution < -0.4 is 0 Å². The third-order valence-electron chi connectivity index (χ3n) is 4.17. The number of hydrogen-bond donors (Lipinski definition) is 0. The zero-order chi connectivity index (χ0) is 12.1. The summed E-state index contributed by atoms with van der Waals surface area (Å²) in [4.78, 5) is 14.0. The van der Waals surface area contributed by atoms with Gasteiger partial charge in [-0.15, -0.1) is 0 Å². The molecule has 2 heterocycles. The predicted molar refractivity (Wildman–Crippen MR) is 67.9 cm³/mol. The molecule has 0 bridgehead atoms. The lowest BCUT2D eigenvalue weighted by atomic mass is 9.91. The minimum atomic E-state index is 0.00621. The molecule has 3 heteroatoms. The van der Waals surface area contributed by atoms with Gasteiger partial charge < -0.3 is 4.74 Å². The van der Waals surface area contributed by atoms with Crippen molar-refractivity contribution in [3.8, 4) is 0 Å². The molecule has 2 rings (SSSR count). The summed E-state index contributed by atoms with van der Waals surface area (Å²) in [6.07, 6.45) is 9.66. The fourth-order valence-electron chi connectivity index (χ4n) is 3.26. The molecule has 2 atom stereocenters. The molecular formula is C14H25NO2. The Kier molecular flexibility index (Phi) is 4.84. The van der Waals surface area contributed by atoms with Gasteiger partial charge in [0.2, 0.25) is 0 Å². The van der Waals surface area contributed by atoms with Gasteiger partial charge in [0.05, 0.1) is 6.42 Å². The summed E-state index contributed by atoms with van der Waals surface area (Å²) in [5.41, 5.74) is 0. The molecule has 0 saturated carbocycles. The maximum atomic E-state index is 11.5. The number of rotatable bonds is 4. The first kappa shape index (κ1) is 12.9. The molecule has 2 saturated heterocycles. The fourth-order valence-corrected chi connectivity index (χ4v) is 3.26. The average molecular weight is 239 g/mol. The molecule has 0 amide bonds. The molecule has 2 aliphatic rings. The van der Waals surface area contributed by atoms with Crippen LogP contribution in [0, 0.1) is 0 Å². The van der Waals surface area contributed by atoms with Crippen LogP contribution in [0.5, 0.6) is 0 Å². The van der Waals surface area contributed by atoms with Gasteiger partial charge >= 0.3 is 5.97 Å². The first-order valence-electron chi connectivity index (χ1n) is 7.22. The summed E-state index contributed by atoms with van der Waals surface area (Å²) >= 11 is 0. The first-order chi connectivity index (χ1) is 8.31. The van der Waals surface area contributed by atoms with E-state index >= 15 is 0 Å². The van der Waals surface area contributed by atoms with E-state index in [2.05, 4.69) is 11.8 Å². The van der Waals surface area contributed by atoms with Crippen molar-refractivity contribution in [3.05, 3.63) is 0 Å². The maximum absolute atomic E-state index is 11.5. The van der Waals surface area contributed by atoms with Crippen molar-refractivity contribution in [3.63, 3.8) is 0 Å². The molecule has 0 unspecified atom stereocenters. The number of nitrogens with zero attached hydrogens (tertiary/aromatic N) is 1. The standard InChI is InChI=1S/C14H25NO2/c1-2-3-4-6-12-7-5-8-13-11-14(16)17-10-9-15(12)13/h12-13H,2-11H2,1H3/t12-,13+/m0/s1. The molecule has 0 aromatic rings. The Morgan fingerprint density at radius 2 is 2.24 bits per heavy atom. The zero-order valence-electron chi connectivity index (χ0n) is 11.0. The highest BCUT2D eigenvalue weighted by Gasteiger charge is 2.33. The Hall–Kier alpha value is -0.570. The number of carbonyl (C=O) groups is 1. The van der Waals surface area contributed by atoms with Gasteiger partial charge in [-0.3, -0.25) is 9.69 Å². The summed E-state index contributed by atoms with van der Waals surface area (Å²) < 4.78 is 5.19. The Morgan fingerprint density at radius 3 is 3.06 bits per heavy atom. The number of ether oxygens (including phenoxy) is 1. The van der Waals surface area contributed by atoms with Gasteiger partial charge in [-0.2, -0.15) is 0 Å². The third kappa shape index (κ3) is 3.44. The molecule has 0 N–H and O–H groups in total. The SMILES string of the molecule is CCCCC[C@H]1CCC[C@@H]2CC(=O)OCCN12. The smallest absolute Gasteiger partial charge is 0.307 e. The third-order valence-corrected chi connectivity index (χ3v) is 4.17. The fraction of sp³-hybridized carbons (Fsp3) is 0.929. The number of unbranched alkanes of at least 4 members (excludes halogenated alkanes) is 2. The van der Waals surface area contributed by atoms with Crippen LogP contribution in [0.2, 0.25) is 0 Å². The number of hydrogen-bond acceptors (Lipinski definition) is 3. The normalized spacial score (nSPS) is 30.5. The molecule has 0 aliphatic carbocycles. The zero-order valence-corrected chi connectivity index (χ0v) is 11.0. The summed E-state index contributed by atoms with van der Waals surface area (Å²) in [6, 6.07) is 1.17. The first-order valence-corrected chi connectivity index (χ1v) is 7.22. The van der Waals surface area contributed by atoms with Crippen molar-refractivity contribution in [2.45, 2.75) is 70.4 Å². The minimum absolute atomic E-state index is 0.00621. The van der Waals surface area contributed by atoms with Crippen molar-refractivity contribution in [1.29, 1.82) is 0 Å². The molecule has 2 aliphatic heterocycles. The largest absolute Gasteiger partial charge is 0.464 e. The number of carbonyl (C=O) groups excluding carboxylic acids is 1. The van der Waals surface area contributed by atoms with E-state index in [4.69, 9.17) is 4.74 Å². The molecule has 0 radical (unpaired) electrons. The van der Waals surface area contributed by atoms with Crippen molar-refractivity contribution in [2.75, 3.05) is 13.2 Å². The van der Waals surface area contributed by atoms with Crippen molar-refractivity contribution < 1.29 is 9.53 Å². The average Bonchev–Trinajstić information content (AvgIpc) is 2.50. The van der Waals surface area contributed by atoms with E-state index in [0.29, 0.717) is 25.1 Å². The van der Waals surface area contributed by atoms with Gasteiger partial charge in [0.25, 0.3) is 0 Å². The molecule has 0 spiro atoms. The lowest BCUT2D eigenvalue weighted by molar-refractivity contribution is -0.142. The van der Waals surface area contributed by atoms with Crippen LogP contribution in [0.1, 0.15) is 58.3 Å². The lowest BCUT2D eigenvalue weighted by Gasteiger charge is -2.40. The van der Waals surface area contributed by atoms with Gasteiger partial charge in [-0.05, 0) is 19.3 Å².